The molecule has 54 heavy (non-hydrogen) atoms. The van der Waals surface area contributed by atoms with Gasteiger partial charge in [0, 0.05) is 79.2 Å². The number of piperazine rings is 1. The number of nitrogens with two attached hydrogens (primary N) is 1. The summed E-state index contributed by atoms with van der Waals surface area (Å²) >= 11 is 0. The number of alkyl halides is 2. The molecule has 1 aliphatic carbocycles. The Balaban J connectivity index is 1.20. The molecule has 3 aromatic carbocycles. The first kappa shape index (κ1) is 35.4. The van der Waals surface area contributed by atoms with Crippen molar-refractivity contribution in [3.05, 3.63) is 58.4 Å². The van der Waals surface area contributed by atoms with Crippen LogP contribution in [0.2, 0.25) is 0 Å². The fourth-order valence-corrected chi connectivity index (χ4v) is 10.6. The maximum absolute atomic E-state index is 17.7. The van der Waals surface area contributed by atoms with Crippen LogP contribution in [0.25, 0.3) is 32.8 Å². The van der Waals surface area contributed by atoms with Crippen molar-refractivity contribution in [3.8, 4) is 23.5 Å². The molecular formula is C43H47F4N7. The Bertz CT molecular complexity index is 2220. The Morgan fingerprint density at radius 1 is 1.06 bits per heavy atom. The minimum Gasteiger partial charge on any atom is -0.398 e. The van der Waals surface area contributed by atoms with Gasteiger partial charge in [0.2, 0.25) is 0 Å². The minimum absolute atomic E-state index is 0.00882. The highest BCUT2D eigenvalue weighted by Gasteiger charge is 2.56. The summed E-state index contributed by atoms with van der Waals surface area (Å²) in [5.41, 5.74) is 9.38. The SMILES string of the molecule is C#Cc1c(F)ccc2cc(C)cc(-c3c(N)c(C=NC)c4c(N5CC6CCC(C5)N6CCC5CC5(F)F)nc(CCC56CCCN5CCC6)nc4c3F)c12. The van der Waals surface area contributed by atoms with Gasteiger partial charge in [-0.15, -0.1) is 6.42 Å². The molecule has 0 radical (unpaired) electrons. The Morgan fingerprint density at radius 2 is 1.78 bits per heavy atom. The molecule has 1 aromatic heterocycles. The van der Waals surface area contributed by atoms with Gasteiger partial charge in [-0.2, -0.15) is 0 Å². The number of rotatable bonds is 9. The molecule has 7 nitrogen and oxygen atoms in total. The van der Waals surface area contributed by atoms with Crippen molar-refractivity contribution in [2.24, 2.45) is 10.9 Å². The van der Waals surface area contributed by atoms with Crippen LogP contribution in [0.4, 0.5) is 29.1 Å². The average molecular weight is 738 g/mol. The van der Waals surface area contributed by atoms with Crippen molar-refractivity contribution in [1.29, 1.82) is 0 Å². The first-order valence-corrected chi connectivity index (χ1v) is 19.6. The molecule has 5 aliphatic rings. The Kier molecular flexibility index (Phi) is 8.66. The highest BCUT2D eigenvalue weighted by molar-refractivity contribution is 6.15. The van der Waals surface area contributed by atoms with Crippen LogP contribution in [-0.2, 0) is 6.42 Å². The van der Waals surface area contributed by atoms with Gasteiger partial charge in [-0.05, 0) is 101 Å². The lowest BCUT2D eigenvalue weighted by molar-refractivity contribution is 0.0888. The lowest BCUT2D eigenvalue weighted by Gasteiger charge is -2.42. The number of aryl methyl sites for hydroxylation is 2. The number of anilines is 2. The molecule has 4 aliphatic heterocycles. The second kappa shape index (κ2) is 13.2. The van der Waals surface area contributed by atoms with Crippen molar-refractivity contribution in [3.63, 3.8) is 0 Å². The van der Waals surface area contributed by atoms with Crippen LogP contribution in [0.15, 0.2) is 29.3 Å². The molecule has 0 spiro atoms. The van der Waals surface area contributed by atoms with E-state index in [2.05, 4.69) is 25.6 Å². The first-order valence-electron chi connectivity index (χ1n) is 19.6. The number of aromatic nitrogens is 2. The van der Waals surface area contributed by atoms with E-state index in [0.717, 1.165) is 50.8 Å². The van der Waals surface area contributed by atoms with Crippen LogP contribution in [0.3, 0.4) is 0 Å². The largest absolute Gasteiger partial charge is 0.398 e. The van der Waals surface area contributed by atoms with Crippen LogP contribution in [-0.4, -0.2) is 89.3 Å². The van der Waals surface area contributed by atoms with Crippen molar-refractivity contribution < 1.29 is 17.6 Å². The number of terminal acetylenes is 1. The van der Waals surface area contributed by atoms with E-state index in [9.17, 15) is 8.78 Å². The summed E-state index contributed by atoms with van der Waals surface area (Å²) in [5.74, 6) is -0.500. The summed E-state index contributed by atoms with van der Waals surface area (Å²) < 4.78 is 60.6. The number of hydrogen-bond donors (Lipinski definition) is 1. The molecule has 5 heterocycles. The summed E-state index contributed by atoms with van der Waals surface area (Å²) in [4.78, 5) is 22.0. The van der Waals surface area contributed by atoms with E-state index in [-0.39, 0.29) is 46.4 Å². The lowest BCUT2D eigenvalue weighted by Crippen LogP contribution is -2.54. The summed E-state index contributed by atoms with van der Waals surface area (Å²) in [6.45, 7) is 6.05. The van der Waals surface area contributed by atoms with E-state index in [1.807, 2.05) is 19.1 Å². The standard InChI is InChI=1S/C43H47F4N7/c1-4-30-33(44)10-7-26-19-25(2)20-31(35(26)30)36-38(45)40-37(32(22-49-3)39(36)48)41(51-34(50-40)11-15-42-13-5-16-53(42)17-6-14-42)52-23-28-8-9-29(24-52)54(28)18-12-27-21-43(27,46)47/h1,7,10,19-20,22,27-29H,5-6,8-9,11-18,21,23-24,48H2,2-3H3. The van der Waals surface area contributed by atoms with Gasteiger partial charge >= 0.3 is 0 Å². The third-order valence-electron chi connectivity index (χ3n) is 13.3. The highest BCUT2D eigenvalue weighted by atomic mass is 19.3. The summed E-state index contributed by atoms with van der Waals surface area (Å²) in [5, 5.41) is 1.60. The Hall–Kier alpha value is -4.27. The zero-order valence-electron chi connectivity index (χ0n) is 31.1. The zero-order chi connectivity index (χ0) is 37.5. The van der Waals surface area contributed by atoms with Crippen LogP contribution in [0, 0.1) is 36.8 Å². The van der Waals surface area contributed by atoms with Gasteiger partial charge in [0.1, 0.15) is 23.0 Å². The van der Waals surface area contributed by atoms with Crippen molar-refractivity contribution >= 4 is 39.4 Å². The summed E-state index contributed by atoms with van der Waals surface area (Å²) in [6, 6.07) is 7.05. The molecule has 3 unspecified atom stereocenters. The average Bonchev–Trinajstić information content (AvgIpc) is 3.40. The Morgan fingerprint density at radius 3 is 2.44 bits per heavy atom. The van der Waals surface area contributed by atoms with Gasteiger partial charge in [0.25, 0.3) is 5.92 Å². The second-order valence-corrected chi connectivity index (χ2v) is 16.5. The van der Waals surface area contributed by atoms with E-state index >= 15 is 8.78 Å². The normalized spacial score (nSPS) is 24.6. The molecule has 2 bridgehead atoms. The fourth-order valence-electron chi connectivity index (χ4n) is 10.6. The predicted molar refractivity (Wildman–Crippen MR) is 207 cm³/mol. The van der Waals surface area contributed by atoms with Crippen molar-refractivity contribution in [1.82, 2.24) is 19.8 Å². The fraction of sp³-hybridized carbons (Fsp3) is 0.512. The second-order valence-electron chi connectivity index (χ2n) is 16.5. The van der Waals surface area contributed by atoms with Crippen LogP contribution in [0.5, 0.6) is 0 Å². The van der Waals surface area contributed by atoms with Gasteiger partial charge in [-0.25, -0.2) is 27.5 Å². The molecular weight excluding hydrogens is 691 g/mol. The van der Waals surface area contributed by atoms with Crippen LogP contribution < -0.4 is 10.6 Å². The molecule has 282 valence electrons. The zero-order valence-corrected chi connectivity index (χ0v) is 31.1. The number of hydrogen-bond acceptors (Lipinski definition) is 7. The third kappa shape index (κ3) is 5.74. The number of nitrogen functional groups attached to an aromatic ring is 1. The molecule has 3 atom stereocenters. The summed E-state index contributed by atoms with van der Waals surface area (Å²) in [6.07, 6.45) is 16.1. The van der Waals surface area contributed by atoms with E-state index in [0.29, 0.717) is 71.4 Å². The van der Waals surface area contributed by atoms with E-state index in [4.69, 9.17) is 22.1 Å². The quantitative estimate of drug-likeness (QED) is 0.0816. The number of aliphatic imine (C=N–C) groups is 1. The molecule has 4 aromatic rings. The maximum Gasteiger partial charge on any atom is 0.251 e. The van der Waals surface area contributed by atoms with Crippen molar-refractivity contribution in [2.75, 3.05) is 50.4 Å². The maximum atomic E-state index is 17.7. The van der Waals surface area contributed by atoms with E-state index < -0.39 is 23.5 Å². The van der Waals surface area contributed by atoms with Crippen LogP contribution in [0.1, 0.15) is 80.3 Å². The Labute approximate surface area is 314 Å². The molecule has 1 saturated carbocycles. The monoisotopic (exact) mass is 737 g/mol. The lowest BCUT2D eigenvalue weighted by atomic mass is 9.88. The minimum atomic E-state index is -2.52. The molecule has 4 saturated heterocycles. The van der Waals surface area contributed by atoms with Crippen molar-refractivity contribution in [2.45, 2.75) is 94.7 Å². The smallest absolute Gasteiger partial charge is 0.251 e. The van der Waals surface area contributed by atoms with E-state index in [1.165, 1.54) is 18.9 Å². The molecule has 9 rings (SSSR count). The number of halogens is 4. The predicted octanol–water partition coefficient (Wildman–Crippen LogP) is 7.91. The molecule has 5 fully saturated rings. The van der Waals surface area contributed by atoms with Gasteiger partial charge in [0.15, 0.2) is 5.82 Å². The van der Waals surface area contributed by atoms with E-state index in [1.54, 1.807) is 19.3 Å². The number of benzene rings is 3. The van der Waals surface area contributed by atoms with Gasteiger partial charge < -0.3 is 10.6 Å². The highest BCUT2D eigenvalue weighted by Crippen LogP contribution is 2.51. The topological polar surface area (TPSA) is 73.9 Å². The first-order chi connectivity index (χ1) is 26.0. The van der Waals surface area contributed by atoms with Gasteiger partial charge in [0.05, 0.1) is 16.6 Å². The molecule has 11 heteroatoms. The molecule has 2 N–H and O–H groups in total. The van der Waals surface area contributed by atoms with Gasteiger partial charge in [-0.1, -0.05) is 24.1 Å². The van der Waals surface area contributed by atoms with Gasteiger partial charge in [-0.3, -0.25) is 14.8 Å². The number of fused-ring (bicyclic) bond motifs is 5. The third-order valence-corrected chi connectivity index (χ3v) is 13.3. The number of nitrogens with zero attached hydrogens (tertiary/aromatic N) is 6. The van der Waals surface area contributed by atoms with Crippen LogP contribution >= 0.6 is 0 Å². The summed E-state index contributed by atoms with van der Waals surface area (Å²) in [7, 11) is 1.65. The molecule has 0 amide bonds.